The lowest BCUT2D eigenvalue weighted by molar-refractivity contribution is 0.151. The van der Waals surface area contributed by atoms with Crippen LogP contribution in [0.2, 0.25) is 0 Å². The maximum atomic E-state index is 12.1. The molecule has 0 saturated heterocycles. The van der Waals surface area contributed by atoms with E-state index in [1.807, 2.05) is 0 Å². The molecule has 2 nitrogen and oxygen atoms in total. The fourth-order valence-corrected chi connectivity index (χ4v) is 0.939. The van der Waals surface area contributed by atoms with E-state index in [0.29, 0.717) is 0 Å². The lowest BCUT2D eigenvalue weighted by Crippen LogP contribution is -1.94. The zero-order valence-corrected chi connectivity index (χ0v) is 6.61. The van der Waals surface area contributed by atoms with Gasteiger partial charge in [-0.05, 0) is 11.6 Å². The van der Waals surface area contributed by atoms with E-state index in [4.69, 9.17) is 10.4 Å². The monoisotopic (exact) mass is 183 g/mol. The summed E-state index contributed by atoms with van der Waals surface area (Å²) in [5.74, 6) is 0. The van der Waals surface area contributed by atoms with Crippen molar-refractivity contribution in [3.8, 4) is 6.07 Å². The normalized spacial score (nSPS) is 12.5. The van der Waals surface area contributed by atoms with Crippen molar-refractivity contribution in [3.05, 3.63) is 35.4 Å². The van der Waals surface area contributed by atoms with Crippen LogP contribution in [0.1, 0.15) is 23.7 Å². The van der Waals surface area contributed by atoms with Crippen LogP contribution in [0.5, 0.6) is 0 Å². The Labute approximate surface area is 74.0 Å². The van der Waals surface area contributed by atoms with Gasteiger partial charge < -0.3 is 5.11 Å². The fraction of sp³-hybridized carbons (Fsp3) is 0.222. The molecular formula is C9H7F2NO. The molecule has 1 unspecified atom stereocenters. The molecule has 1 aromatic carbocycles. The Morgan fingerprint density at radius 2 is 1.92 bits per heavy atom. The first kappa shape index (κ1) is 9.62. The van der Waals surface area contributed by atoms with Gasteiger partial charge in [-0.25, -0.2) is 8.78 Å². The maximum Gasteiger partial charge on any atom is 0.263 e. The van der Waals surface area contributed by atoms with Crippen LogP contribution >= 0.6 is 0 Å². The number of nitrogens with zero attached hydrogens (tertiary/aromatic N) is 1. The molecule has 1 N–H and O–H groups in total. The fourth-order valence-electron chi connectivity index (χ4n) is 0.939. The molecular weight excluding hydrogens is 176 g/mol. The van der Waals surface area contributed by atoms with Gasteiger partial charge in [-0.1, -0.05) is 18.2 Å². The van der Waals surface area contributed by atoms with Crippen molar-refractivity contribution >= 4 is 0 Å². The van der Waals surface area contributed by atoms with Crippen LogP contribution < -0.4 is 0 Å². The van der Waals surface area contributed by atoms with E-state index in [0.717, 1.165) is 6.07 Å². The van der Waals surface area contributed by atoms with Crippen molar-refractivity contribution in [2.24, 2.45) is 0 Å². The number of aliphatic hydroxyl groups excluding tert-OH is 1. The second kappa shape index (κ2) is 3.97. The Kier molecular flexibility index (Phi) is 2.93. The Morgan fingerprint density at radius 3 is 2.46 bits per heavy atom. The average Bonchev–Trinajstić information content (AvgIpc) is 2.17. The Hall–Kier alpha value is -1.47. The van der Waals surface area contributed by atoms with Crippen molar-refractivity contribution in [2.45, 2.75) is 12.5 Å². The molecule has 0 heterocycles. The summed E-state index contributed by atoms with van der Waals surface area (Å²) in [6, 6.07) is 6.75. The minimum atomic E-state index is -2.58. The smallest absolute Gasteiger partial charge is 0.263 e. The summed E-state index contributed by atoms with van der Waals surface area (Å²) in [6.07, 6.45) is -3.91. The molecule has 0 bridgehead atoms. The van der Waals surface area contributed by atoms with E-state index in [-0.39, 0.29) is 11.1 Å². The summed E-state index contributed by atoms with van der Waals surface area (Å²) in [5, 5.41) is 17.4. The summed E-state index contributed by atoms with van der Waals surface area (Å²) >= 11 is 0. The molecule has 13 heavy (non-hydrogen) atoms. The Morgan fingerprint density at radius 1 is 1.31 bits per heavy atom. The molecule has 1 atom stereocenters. The molecule has 0 amide bonds. The van der Waals surface area contributed by atoms with Gasteiger partial charge in [-0.3, -0.25) is 0 Å². The van der Waals surface area contributed by atoms with Crippen molar-refractivity contribution < 1.29 is 13.9 Å². The number of hydrogen-bond acceptors (Lipinski definition) is 2. The minimum absolute atomic E-state index is 0.188. The van der Waals surface area contributed by atoms with Crippen LogP contribution in [0.4, 0.5) is 8.78 Å². The molecule has 0 radical (unpaired) electrons. The molecule has 4 heteroatoms. The van der Waals surface area contributed by atoms with Crippen LogP contribution in [0.3, 0.4) is 0 Å². The second-order valence-corrected chi connectivity index (χ2v) is 2.50. The van der Waals surface area contributed by atoms with Gasteiger partial charge in [0.1, 0.15) is 0 Å². The molecule has 0 aromatic heterocycles. The molecule has 0 spiro atoms. The first-order valence-corrected chi connectivity index (χ1v) is 3.61. The van der Waals surface area contributed by atoms with Gasteiger partial charge >= 0.3 is 0 Å². The first-order chi connectivity index (χ1) is 6.15. The molecule has 0 aliphatic heterocycles. The van der Waals surface area contributed by atoms with Crippen molar-refractivity contribution in [1.29, 1.82) is 5.26 Å². The van der Waals surface area contributed by atoms with Crippen molar-refractivity contribution in [1.82, 2.24) is 0 Å². The van der Waals surface area contributed by atoms with E-state index >= 15 is 0 Å². The molecule has 68 valence electrons. The highest BCUT2D eigenvalue weighted by Crippen LogP contribution is 2.22. The number of aliphatic hydroxyl groups is 1. The van der Waals surface area contributed by atoms with Gasteiger partial charge in [-0.2, -0.15) is 5.26 Å². The average molecular weight is 183 g/mol. The minimum Gasteiger partial charge on any atom is -0.374 e. The summed E-state index contributed by atoms with van der Waals surface area (Å²) in [5.41, 5.74) is 0.00657. The van der Waals surface area contributed by atoms with E-state index in [9.17, 15) is 8.78 Å². The van der Waals surface area contributed by atoms with E-state index in [2.05, 4.69) is 0 Å². The number of rotatable bonds is 2. The zero-order valence-electron chi connectivity index (χ0n) is 6.61. The third-order valence-corrected chi connectivity index (χ3v) is 1.60. The second-order valence-electron chi connectivity index (χ2n) is 2.50. The standard InChI is InChI=1S/C9H7F2NO/c10-9(11)7-3-1-2-6(4-7)8(13)5-12/h1-4,8-9,13H. The van der Waals surface area contributed by atoms with Crippen LogP contribution in [-0.4, -0.2) is 5.11 Å². The van der Waals surface area contributed by atoms with Crippen LogP contribution in [0.25, 0.3) is 0 Å². The van der Waals surface area contributed by atoms with Gasteiger partial charge in [0.15, 0.2) is 6.10 Å². The topological polar surface area (TPSA) is 44.0 Å². The van der Waals surface area contributed by atoms with Gasteiger partial charge in [0.05, 0.1) is 6.07 Å². The molecule has 0 saturated carbocycles. The summed E-state index contributed by atoms with van der Waals surface area (Å²) < 4.78 is 24.3. The highest BCUT2D eigenvalue weighted by Gasteiger charge is 2.10. The van der Waals surface area contributed by atoms with Crippen LogP contribution in [0, 0.1) is 11.3 Å². The number of hydrogen-bond donors (Lipinski definition) is 1. The van der Waals surface area contributed by atoms with Gasteiger partial charge in [0.25, 0.3) is 6.43 Å². The molecule has 0 aliphatic rings. The lowest BCUT2D eigenvalue weighted by Gasteiger charge is -2.04. The number of benzene rings is 1. The molecule has 1 rings (SSSR count). The number of alkyl halides is 2. The highest BCUT2D eigenvalue weighted by atomic mass is 19.3. The predicted molar refractivity (Wildman–Crippen MR) is 42.0 cm³/mol. The lowest BCUT2D eigenvalue weighted by atomic mass is 10.1. The quantitative estimate of drug-likeness (QED) is 0.714. The molecule has 0 fully saturated rings. The largest absolute Gasteiger partial charge is 0.374 e. The molecule has 0 aliphatic carbocycles. The number of halogens is 2. The van der Waals surface area contributed by atoms with E-state index in [1.165, 1.54) is 18.2 Å². The van der Waals surface area contributed by atoms with Crippen molar-refractivity contribution in [2.75, 3.05) is 0 Å². The predicted octanol–water partition coefficient (Wildman–Crippen LogP) is 2.18. The first-order valence-electron chi connectivity index (χ1n) is 3.61. The van der Waals surface area contributed by atoms with Crippen LogP contribution in [0.15, 0.2) is 24.3 Å². The maximum absolute atomic E-state index is 12.1. The van der Waals surface area contributed by atoms with Gasteiger partial charge in [0, 0.05) is 5.56 Å². The van der Waals surface area contributed by atoms with E-state index < -0.39 is 12.5 Å². The third-order valence-electron chi connectivity index (χ3n) is 1.60. The summed E-state index contributed by atoms with van der Waals surface area (Å²) in [6.45, 7) is 0. The Bertz CT molecular complexity index is 333. The zero-order chi connectivity index (χ0) is 9.84. The highest BCUT2D eigenvalue weighted by molar-refractivity contribution is 5.28. The SMILES string of the molecule is N#CC(O)c1cccc(C(F)F)c1. The van der Waals surface area contributed by atoms with E-state index in [1.54, 1.807) is 6.07 Å². The third kappa shape index (κ3) is 2.23. The Balaban J connectivity index is 3.00. The van der Waals surface area contributed by atoms with Crippen molar-refractivity contribution in [3.63, 3.8) is 0 Å². The van der Waals surface area contributed by atoms with Gasteiger partial charge in [0.2, 0.25) is 0 Å². The number of nitriles is 1. The van der Waals surface area contributed by atoms with Gasteiger partial charge in [-0.15, -0.1) is 0 Å². The summed E-state index contributed by atoms with van der Waals surface area (Å²) in [4.78, 5) is 0. The van der Waals surface area contributed by atoms with Crippen LogP contribution in [-0.2, 0) is 0 Å². The molecule has 1 aromatic rings. The summed E-state index contributed by atoms with van der Waals surface area (Å²) in [7, 11) is 0.